The second kappa shape index (κ2) is 7.17. The van der Waals surface area contributed by atoms with Gasteiger partial charge in [-0.3, -0.25) is 24.2 Å². The molecule has 0 bridgehead atoms. The Labute approximate surface area is 152 Å². The number of benzene rings is 1. The Bertz CT molecular complexity index is 712. The second-order valence-electron chi connectivity index (χ2n) is 7.00. The highest BCUT2D eigenvalue weighted by Gasteiger charge is 2.42. The zero-order chi connectivity index (χ0) is 18.1. The molecule has 7 heteroatoms. The van der Waals surface area contributed by atoms with Crippen molar-refractivity contribution in [2.75, 3.05) is 37.7 Å². The van der Waals surface area contributed by atoms with Gasteiger partial charge in [-0.2, -0.15) is 0 Å². The van der Waals surface area contributed by atoms with Gasteiger partial charge in [-0.25, -0.2) is 0 Å². The molecule has 3 saturated heterocycles. The summed E-state index contributed by atoms with van der Waals surface area (Å²) in [4.78, 5) is 42.1. The Morgan fingerprint density at radius 3 is 2.35 bits per heavy atom. The summed E-state index contributed by atoms with van der Waals surface area (Å²) >= 11 is 0. The molecule has 0 aliphatic carbocycles. The van der Waals surface area contributed by atoms with Crippen LogP contribution in [0.25, 0.3) is 0 Å². The SMILES string of the molecule is O=C1C[C@H](N2CCOCC2)C(=O)N1Cc1ccc(N2CCCC2=O)cc1. The van der Waals surface area contributed by atoms with Crippen LogP contribution < -0.4 is 4.90 Å². The van der Waals surface area contributed by atoms with E-state index in [0.717, 1.165) is 24.2 Å². The summed E-state index contributed by atoms with van der Waals surface area (Å²) in [5, 5.41) is 0. The molecule has 138 valence electrons. The van der Waals surface area contributed by atoms with E-state index in [9.17, 15) is 14.4 Å². The first-order valence-corrected chi connectivity index (χ1v) is 9.19. The fourth-order valence-electron chi connectivity index (χ4n) is 3.89. The fourth-order valence-corrected chi connectivity index (χ4v) is 3.89. The zero-order valence-electron chi connectivity index (χ0n) is 14.7. The number of amides is 3. The summed E-state index contributed by atoms with van der Waals surface area (Å²) in [5.74, 6) is -0.0861. The van der Waals surface area contributed by atoms with Crippen LogP contribution in [0, 0.1) is 0 Å². The maximum absolute atomic E-state index is 12.7. The van der Waals surface area contributed by atoms with Crippen LogP contribution >= 0.6 is 0 Å². The molecule has 26 heavy (non-hydrogen) atoms. The normalized spacial score (nSPS) is 24.8. The second-order valence-corrected chi connectivity index (χ2v) is 7.00. The zero-order valence-corrected chi connectivity index (χ0v) is 14.7. The van der Waals surface area contributed by atoms with Gasteiger partial charge < -0.3 is 9.64 Å². The van der Waals surface area contributed by atoms with Gasteiger partial charge in [0.1, 0.15) is 0 Å². The van der Waals surface area contributed by atoms with Gasteiger partial charge >= 0.3 is 0 Å². The highest BCUT2D eigenvalue weighted by atomic mass is 16.5. The highest BCUT2D eigenvalue weighted by Crippen LogP contribution is 2.25. The van der Waals surface area contributed by atoms with Crippen LogP contribution in [0.4, 0.5) is 5.69 Å². The van der Waals surface area contributed by atoms with Crippen molar-refractivity contribution >= 4 is 23.4 Å². The monoisotopic (exact) mass is 357 g/mol. The van der Waals surface area contributed by atoms with Gasteiger partial charge in [-0.15, -0.1) is 0 Å². The molecular formula is C19H23N3O4. The number of morpholine rings is 1. The van der Waals surface area contributed by atoms with Gasteiger partial charge in [0.25, 0.3) is 0 Å². The predicted octanol–water partition coefficient (Wildman–Crippen LogP) is 0.773. The maximum atomic E-state index is 12.7. The van der Waals surface area contributed by atoms with E-state index in [0.29, 0.717) is 32.7 Å². The minimum atomic E-state index is -0.354. The van der Waals surface area contributed by atoms with Crippen molar-refractivity contribution in [3.63, 3.8) is 0 Å². The first-order chi connectivity index (χ1) is 12.6. The topological polar surface area (TPSA) is 70.2 Å². The molecule has 0 N–H and O–H groups in total. The molecule has 1 aromatic rings. The Kier molecular flexibility index (Phi) is 4.74. The van der Waals surface area contributed by atoms with Gasteiger partial charge in [0.2, 0.25) is 17.7 Å². The molecule has 3 heterocycles. The Morgan fingerprint density at radius 1 is 0.962 bits per heavy atom. The van der Waals surface area contributed by atoms with E-state index < -0.39 is 0 Å². The van der Waals surface area contributed by atoms with E-state index >= 15 is 0 Å². The minimum absolute atomic E-state index is 0.115. The number of rotatable bonds is 4. The molecule has 0 aromatic heterocycles. The molecule has 0 saturated carbocycles. The Hall–Kier alpha value is -2.25. The molecule has 3 aliphatic heterocycles. The Balaban J connectivity index is 1.42. The summed E-state index contributed by atoms with van der Waals surface area (Å²) < 4.78 is 5.33. The number of likely N-dealkylation sites (tertiary alicyclic amines) is 1. The van der Waals surface area contributed by atoms with E-state index in [2.05, 4.69) is 0 Å². The molecule has 3 fully saturated rings. The summed E-state index contributed by atoms with van der Waals surface area (Å²) in [5.41, 5.74) is 1.77. The van der Waals surface area contributed by atoms with Crippen LogP contribution in [0.1, 0.15) is 24.8 Å². The van der Waals surface area contributed by atoms with Crippen molar-refractivity contribution in [2.45, 2.75) is 31.8 Å². The van der Waals surface area contributed by atoms with Gasteiger partial charge in [0, 0.05) is 31.7 Å². The molecule has 3 aliphatic rings. The highest BCUT2D eigenvalue weighted by molar-refractivity contribution is 6.05. The lowest BCUT2D eigenvalue weighted by Gasteiger charge is -2.30. The molecule has 1 atom stereocenters. The average molecular weight is 357 g/mol. The molecule has 7 nitrogen and oxygen atoms in total. The minimum Gasteiger partial charge on any atom is -0.379 e. The van der Waals surface area contributed by atoms with Crippen LogP contribution in [-0.2, 0) is 25.7 Å². The predicted molar refractivity (Wildman–Crippen MR) is 94.4 cm³/mol. The summed E-state index contributed by atoms with van der Waals surface area (Å²) in [6, 6.07) is 7.21. The van der Waals surface area contributed by atoms with Crippen LogP contribution in [0.5, 0.6) is 0 Å². The van der Waals surface area contributed by atoms with Crippen molar-refractivity contribution in [1.29, 1.82) is 0 Å². The van der Waals surface area contributed by atoms with Crippen molar-refractivity contribution < 1.29 is 19.1 Å². The van der Waals surface area contributed by atoms with Crippen molar-refractivity contribution in [3.8, 4) is 0 Å². The molecule has 4 rings (SSSR count). The van der Waals surface area contributed by atoms with Crippen LogP contribution in [0.15, 0.2) is 24.3 Å². The standard InChI is InChI=1S/C19H23N3O4/c23-17-2-1-7-21(17)15-5-3-14(4-6-15)13-22-18(24)12-16(19(22)25)20-8-10-26-11-9-20/h3-6,16H,1-2,7-13H2/t16-/m0/s1. The van der Waals surface area contributed by atoms with Crippen molar-refractivity contribution in [2.24, 2.45) is 0 Å². The molecule has 3 amide bonds. The molecule has 0 spiro atoms. The summed E-state index contributed by atoms with van der Waals surface area (Å²) in [6.45, 7) is 3.63. The van der Waals surface area contributed by atoms with Crippen molar-refractivity contribution in [1.82, 2.24) is 9.80 Å². The van der Waals surface area contributed by atoms with E-state index in [1.165, 1.54) is 4.90 Å². The molecule has 1 aromatic carbocycles. The van der Waals surface area contributed by atoms with Crippen LogP contribution in [0.3, 0.4) is 0 Å². The Morgan fingerprint density at radius 2 is 1.69 bits per heavy atom. The van der Waals surface area contributed by atoms with Gasteiger partial charge in [-0.1, -0.05) is 12.1 Å². The number of carbonyl (C=O) groups is 3. The first-order valence-electron chi connectivity index (χ1n) is 9.19. The number of carbonyl (C=O) groups excluding carboxylic acids is 3. The largest absolute Gasteiger partial charge is 0.379 e. The fraction of sp³-hybridized carbons (Fsp3) is 0.526. The number of nitrogens with zero attached hydrogens (tertiary/aromatic N) is 3. The van der Waals surface area contributed by atoms with E-state index in [1.54, 1.807) is 4.90 Å². The number of anilines is 1. The number of hydrogen-bond donors (Lipinski definition) is 0. The van der Waals surface area contributed by atoms with E-state index in [-0.39, 0.29) is 36.7 Å². The van der Waals surface area contributed by atoms with Gasteiger partial charge in [0.05, 0.1) is 32.2 Å². The van der Waals surface area contributed by atoms with Crippen LogP contribution in [0.2, 0.25) is 0 Å². The number of hydrogen-bond acceptors (Lipinski definition) is 5. The first kappa shape index (κ1) is 17.2. The maximum Gasteiger partial charge on any atom is 0.247 e. The third-order valence-corrected chi connectivity index (χ3v) is 5.37. The lowest BCUT2D eigenvalue weighted by Crippen LogP contribution is -2.47. The number of imide groups is 1. The van der Waals surface area contributed by atoms with E-state index in [1.807, 2.05) is 29.2 Å². The number of ether oxygens (including phenoxy) is 1. The van der Waals surface area contributed by atoms with Crippen LogP contribution in [-0.4, -0.2) is 66.4 Å². The molecule has 0 radical (unpaired) electrons. The van der Waals surface area contributed by atoms with Crippen molar-refractivity contribution in [3.05, 3.63) is 29.8 Å². The smallest absolute Gasteiger partial charge is 0.247 e. The lowest BCUT2D eigenvalue weighted by molar-refractivity contribution is -0.141. The third kappa shape index (κ3) is 3.24. The molecule has 0 unspecified atom stereocenters. The summed E-state index contributed by atoms with van der Waals surface area (Å²) in [7, 11) is 0. The van der Waals surface area contributed by atoms with Gasteiger partial charge in [-0.05, 0) is 24.1 Å². The van der Waals surface area contributed by atoms with Gasteiger partial charge in [0.15, 0.2) is 0 Å². The molecular weight excluding hydrogens is 334 g/mol. The summed E-state index contributed by atoms with van der Waals surface area (Å²) in [6.07, 6.45) is 1.74. The van der Waals surface area contributed by atoms with E-state index in [4.69, 9.17) is 4.74 Å². The average Bonchev–Trinajstić information content (AvgIpc) is 3.21. The quantitative estimate of drug-likeness (QED) is 0.745. The third-order valence-electron chi connectivity index (χ3n) is 5.37. The lowest BCUT2D eigenvalue weighted by atomic mass is 10.2.